The van der Waals surface area contributed by atoms with Crippen LogP contribution < -0.4 is 10.0 Å². The van der Waals surface area contributed by atoms with E-state index < -0.39 is 10.0 Å². The van der Waals surface area contributed by atoms with Crippen LogP contribution in [-0.4, -0.2) is 26.8 Å². The van der Waals surface area contributed by atoms with Crippen LogP contribution in [0.15, 0.2) is 16.8 Å². The number of anilines is 1. The first-order valence-electron chi connectivity index (χ1n) is 5.92. The van der Waals surface area contributed by atoms with E-state index in [1.54, 1.807) is 11.4 Å². The van der Waals surface area contributed by atoms with Crippen LogP contribution >= 0.6 is 11.3 Å². The van der Waals surface area contributed by atoms with Gasteiger partial charge in [-0.15, -0.1) is 0 Å². The summed E-state index contributed by atoms with van der Waals surface area (Å²) in [6, 6.07) is 2.48. The van der Waals surface area contributed by atoms with E-state index in [1.165, 1.54) is 24.2 Å². The second-order valence-electron chi connectivity index (χ2n) is 4.37. The van der Waals surface area contributed by atoms with E-state index in [0.717, 1.165) is 13.0 Å². The maximum atomic E-state index is 11.7. The van der Waals surface area contributed by atoms with Crippen molar-refractivity contribution in [2.24, 2.45) is 0 Å². The van der Waals surface area contributed by atoms with Gasteiger partial charge in [-0.2, -0.15) is 11.3 Å². The fourth-order valence-corrected chi connectivity index (χ4v) is 3.40. The SMILES string of the molecule is O=S(=O)(CCCCNC1CC1)Nc1ccsc1. The predicted octanol–water partition coefficient (Wildman–Crippen LogP) is 2.02. The van der Waals surface area contributed by atoms with Crippen molar-refractivity contribution in [1.82, 2.24) is 5.32 Å². The molecule has 1 aromatic rings. The summed E-state index contributed by atoms with van der Waals surface area (Å²) in [6.45, 7) is 0.929. The Kier molecular flexibility index (Phi) is 4.42. The lowest BCUT2D eigenvalue weighted by Crippen LogP contribution is -2.20. The smallest absolute Gasteiger partial charge is 0.232 e. The molecule has 1 fully saturated rings. The highest BCUT2D eigenvalue weighted by atomic mass is 32.2. The third-order valence-electron chi connectivity index (χ3n) is 2.64. The van der Waals surface area contributed by atoms with Crippen molar-refractivity contribution in [3.8, 4) is 0 Å². The molecule has 1 aliphatic rings. The van der Waals surface area contributed by atoms with E-state index in [-0.39, 0.29) is 5.75 Å². The molecule has 0 aliphatic heterocycles. The van der Waals surface area contributed by atoms with Gasteiger partial charge in [0.05, 0.1) is 11.4 Å². The van der Waals surface area contributed by atoms with Gasteiger partial charge in [0, 0.05) is 11.4 Å². The first-order valence-corrected chi connectivity index (χ1v) is 8.51. The van der Waals surface area contributed by atoms with Crippen molar-refractivity contribution >= 4 is 27.0 Å². The highest BCUT2D eigenvalue weighted by molar-refractivity contribution is 7.92. The van der Waals surface area contributed by atoms with Gasteiger partial charge in [-0.25, -0.2) is 8.42 Å². The van der Waals surface area contributed by atoms with E-state index in [2.05, 4.69) is 10.0 Å². The minimum Gasteiger partial charge on any atom is -0.314 e. The number of sulfonamides is 1. The molecule has 0 spiro atoms. The topological polar surface area (TPSA) is 58.2 Å². The van der Waals surface area contributed by atoms with Crippen molar-refractivity contribution in [3.63, 3.8) is 0 Å². The molecule has 0 unspecified atom stereocenters. The summed E-state index contributed by atoms with van der Waals surface area (Å²) >= 11 is 1.49. The lowest BCUT2D eigenvalue weighted by atomic mass is 10.3. The van der Waals surface area contributed by atoms with Crippen molar-refractivity contribution in [2.75, 3.05) is 17.0 Å². The summed E-state index contributed by atoms with van der Waals surface area (Å²) in [5, 5.41) is 7.03. The Labute approximate surface area is 106 Å². The van der Waals surface area contributed by atoms with Gasteiger partial charge in [0.1, 0.15) is 0 Å². The van der Waals surface area contributed by atoms with E-state index in [0.29, 0.717) is 18.2 Å². The molecule has 0 radical (unpaired) electrons. The van der Waals surface area contributed by atoms with E-state index in [9.17, 15) is 8.42 Å². The fourth-order valence-electron chi connectivity index (χ4n) is 1.56. The molecular weight excluding hydrogens is 256 g/mol. The van der Waals surface area contributed by atoms with Gasteiger partial charge >= 0.3 is 0 Å². The zero-order valence-corrected chi connectivity index (χ0v) is 11.3. The van der Waals surface area contributed by atoms with Crippen LogP contribution in [0.2, 0.25) is 0 Å². The lowest BCUT2D eigenvalue weighted by molar-refractivity contribution is 0.591. The van der Waals surface area contributed by atoms with Crippen LogP contribution in [0.5, 0.6) is 0 Å². The number of rotatable bonds is 8. The van der Waals surface area contributed by atoms with Gasteiger partial charge in [0.25, 0.3) is 0 Å². The molecule has 0 bridgehead atoms. The fraction of sp³-hybridized carbons (Fsp3) is 0.636. The molecule has 17 heavy (non-hydrogen) atoms. The van der Waals surface area contributed by atoms with Gasteiger partial charge in [-0.3, -0.25) is 4.72 Å². The summed E-state index contributed by atoms with van der Waals surface area (Å²) in [7, 11) is -3.16. The number of nitrogens with one attached hydrogen (secondary N) is 2. The Balaban J connectivity index is 1.62. The molecule has 1 saturated carbocycles. The molecule has 6 heteroatoms. The average Bonchev–Trinajstić information content (AvgIpc) is 2.95. The number of unbranched alkanes of at least 4 members (excludes halogenated alkanes) is 1. The molecule has 1 heterocycles. The van der Waals surface area contributed by atoms with E-state index in [4.69, 9.17) is 0 Å². The Morgan fingerprint density at radius 3 is 2.82 bits per heavy atom. The van der Waals surface area contributed by atoms with Crippen LogP contribution in [0.25, 0.3) is 0 Å². The van der Waals surface area contributed by atoms with Crippen LogP contribution in [0, 0.1) is 0 Å². The van der Waals surface area contributed by atoms with Gasteiger partial charge in [-0.1, -0.05) is 0 Å². The van der Waals surface area contributed by atoms with Crippen molar-refractivity contribution in [3.05, 3.63) is 16.8 Å². The van der Waals surface area contributed by atoms with Gasteiger partial charge in [-0.05, 0) is 43.7 Å². The van der Waals surface area contributed by atoms with E-state index in [1.807, 2.05) is 5.38 Å². The molecule has 0 aromatic carbocycles. The molecular formula is C11H18N2O2S2. The first kappa shape index (κ1) is 12.9. The average molecular weight is 274 g/mol. The minimum atomic E-state index is -3.16. The molecule has 2 N–H and O–H groups in total. The summed E-state index contributed by atoms with van der Waals surface area (Å²) < 4.78 is 25.9. The second-order valence-corrected chi connectivity index (χ2v) is 6.99. The summed E-state index contributed by atoms with van der Waals surface area (Å²) in [4.78, 5) is 0. The van der Waals surface area contributed by atoms with Gasteiger partial charge in [0.2, 0.25) is 10.0 Å². The van der Waals surface area contributed by atoms with Crippen LogP contribution in [-0.2, 0) is 10.0 Å². The van der Waals surface area contributed by atoms with Gasteiger partial charge in [0.15, 0.2) is 0 Å². The third kappa shape index (κ3) is 5.06. The molecule has 96 valence electrons. The standard InChI is InChI=1S/C11H18N2O2S2/c14-17(15,13-11-5-7-16-9-11)8-2-1-6-12-10-3-4-10/h5,7,9-10,12-13H,1-4,6,8H2. The molecule has 1 aromatic heterocycles. The monoisotopic (exact) mass is 274 g/mol. The maximum Gasteiger partial charge on any atom is 0.232 e. The zero-order valence-electron chi connectivity index (χ0n) is 9.69. The summed E-state index contributed by atoms with van der Waals surface area (Å²) in [5.41, 5.74) is 0.672. The van der Waals surface area contributed by atoms with Crippen molar-refractivity contribution in [1.29, 1.82) is 0 Å². The summed E-state index contributed by atoms with van der Waals surface area (Å²) in [5.74, 6) is 0.204. The Morgan fingerprint density at radius 2 is 2.18 bits per heavy atom. The Morgan fingerprint density at radius 1 is 1.35 bits per heavy atom. The van der Waals surface area contributed by atoms with Crippen LogP contribution in [0.3, 0.4) is 0 Å². The van der Waals surface area contributed by atoms with Crippen molar-refractivity contribution < 1.29 is 8.42 Å². The molecule has 1 aliphatic carbocycles. The normalized spacial score (nSPS) is 16.0. The molecule has 0 amide bonds. The number of hydrogen-bond donors (Lipinski definition) is 2. The Bertz CT molecular complexity index is 424. The molecule has 2 rings (SSSR count). The minimum absolute atomic E-state index is 0.204. The number of hydrogen-bond acceptors (Lipinski definition) is 4. The zero-order chi connectivity index (χ0) is 12.1. The largest absolute Gasteiger partial charge is 0.314 e. The quantitative estimate of drug-likeness (QED) is 0.713. The Hall–Kier alpha value is -0.590. The highest BCUT2D eigenvalue weighted by Crippen LogP contribution is 2.18. The lowest BCUT2D eigenvalue weighted by Gasteiger charge is -2.06. The predicted molar refractivity (Wildman–Crippen MR) is 72.0 cm³/mol. The summed E-state index contributed by atoms with van der Waals surface area (Å²) in [6.07, 6.45) is 4.18. The number of thiophene rings is 1. The van der Waals surface area contributed by atoms with E-state index >= 15 is 0 Å². The van der Waals surface area contributed by atoms with Crippen molar-refractivity contribution in [2.45, 2.75) is 31.7 Å². The van der Waals surface area contributed by atoms with Crippen LogP contribution in [0.1, 0.15) is 25.7 Å². The third-order valence-corrected chi connectivity index (χ3v) is 4.70. The second kappa shape index (κ2) is 5.84. The molecule has 0 atom stereocenters. The first-order chi connectivity index (χ1) is 8.16. The molecule has 0 saturated heterocycles. The van der Waals surface area contributed by atoms with Crippen LogP contribution in [0.4, 0.5) is 5.69 Å². The molecule has 4 nitrogen and oxygen atoms in total. The maximum absolute atomic E-state index is 11.7. The van der Waals surface area contributed by atoms with Gasteiger partial charge < -0.3 is 5.32 Å². The highest BCUT2D eigenvalue weighted by Gasteiger charge is 2.19.